The highest BCUT2D eigenvalue weighted by Gasteiger charge is 2.19. The third-order valence-electron chi connectivity index (χ3n) is 5.42. The summed E-state index contributed by atoms with van der Waals surface area (Å²) in [5.74, 6) is -0.800. The van der Waals surface area contributed by atoms with Crippen LogP contribution in [0.1, 0.15) is 22.8 Å². The Bertz CT molecular complexity index is 1530. The van der Waals surface area contributed by atoms with Gasteiger partial charge in [-0.15, -0.1) is 0 Å². The summed E-state index contributed by atoms with van der Waals surface area (Å²) in [5, 5.41) is 2.75. The number of carbonyl (C=O) groups is 1. The van der Waals surface area contributed by atoms with Crippen LogP contribution in [0.2, 0.25) is 0 Å². The number of nitrogens with zero attached hydrogens (tertiary/aromatic N) is 1. The number of halogens is 1. The molecule has 0 radical (unpaired) electrons. The van der Waals surface area contributed by atoms with E-state index in [4.69, 9.17) is 5.73 Å². The number of aromatic nitrogens is 1. The molecule has 6 nitrogen and oxygen atoms in total. The lowest BCUT2D eigenvalue weighted by molar-refractivity contribution is 0.102. The number of allylic oxidation sites excluding steroid dienone is 1. The van der Waals surface area contributed by atoms with Crippen molar-refractivity contribution in [3.63, 3.8) is 0 Å². The van der Waals surface area contributed by atoms with Crippen molar-refractivity contribution in [3.05, 3.63) is 109 Å². The summed E-state index contributed by atoms with van der Waals surface area (Å²) < 4.78 is 39.2. The van der Waals surface area contributed by atoms with Gasteiger partial charge in [0.2, 0.25) is 9.84 Å². The van der Waals surface area contributed by atoms with E-state index in [2.05, 4.69) is 16.9 Å². The second kappa shape index (κ2) is 9.52. The monoisotopic (exact) mass is 487 g/mol. The van der Waals surface area contributed by atoms with Crippen LogP contribution in [0, 0.1) is 5.82 Å². The number of hydrogen-bond donors (Lipinski definition) is 2. The Morgan fingerprint density at radius 3 is 2.20 bits per heavy atom. The Hall–Kier alpha value is -4.30. The van der Waals surface area contributed by atoms with E-state index in [0.717, 1.165) is 11.1 Å². The van der Waals surface area contributed by atoms with Crippen molar-refractivity contribution >= 4 is 32.7 Å². The number of benzene rings is 3. The molecule has 0 bridgehead atoms. The van der Waals surface area contributed by atoms with E-state index >= 15 is 0 Å². The Kier molecular flexibility index (Phi) is 6.48. The molecule has 0 atom stereocenters. The summed E-state index contributed by atoms with van der Waals surface area (Å²) in [6, 6.07) is 18.2. The third kappa shape index (κ3) is 5.12. The van der Waals surface area contributed by atoms with Crippen LogP contribution in [0.4, 0.5) is 15.8 Å². The molecule has 1 aromatic heterocycles. The number of pyridine rings is 1. The number of nitrogens with one attached hydrogen (secondary N) is 1. The van der Waals surface area contributed by atoms with Crippen LogP contribution in [0.3, 0.4) is 0 Å². The van der Waals surface area contributed by atoms with Gasteiger partial charge in [-0.25, -0.2) is 12.8 Å². The van der Waals surface area contributed by atoms with Crippen molar-refractivity contribution < 1.29 is 17.6 Å². The van der Waals surface area contributed by atoms with Gasteiger partial charge in [0.25, 0.3) is 5.91 Å². The summed E-state index contributed by atoms with van der Waals surface area (Å²) in [7, 11) is -3.82. The molecule has 3 N–H and O–H groups in total. The van der Waals surface area contributed by atoms with Gasteiger partial charge in [-0.1, -0.05) is 24.8 Å². The second-order valence-electron chi connectivity index (χ2n) is 7.98. The third-order valence-corrected chi connectivity index (χ3v) is 7.16. The highest BCUT2D eigenvalue weighted by atomic mass is 32.2. The molecule has 4 aromatic rings. The normalized spacial score (nSPS) is 11.1. The molecule has 1 heterocycles. The smallest absolute Gasteiger partial charge is 0.255 e. The average molecular weight is 488 g/mol. The first kappa shape index (κ1) is 23.8. The lowest BCUT2D eigenvalue weighted by atomic mass is 10.0. The van der Waals surface area contributed by atoms with Gasteiger partial charge in [0.05, 0.1) is 21.2 Å². The number of anilines is 2. The lowest BCUT2D eigenvalue weighted by Gasteiger charge is -2.11. The van der Waals surface area contributed by atoms with E-state index in [0.29, 0.717) is 22.5 Å². The SMILES string of the molecule is C=C(C)c1cncc(S(=O)(=O)c2ccc(C(=O)Nc3cc(-c4ccc(F)cc4)ccc3N)cc2)c1. The Morgan fingerprint density at radius 1 is 0.886 bits per heavy atom. The minimum Gasteiger partial charge on any atom is -0.397 e. The molecule has 35 heavy (non-hydrogen) atoms. The highest BCUT2D eigenvalue weighted by Crippen LogP contribution is 2.28. The first-order valence-corrected chi connectivity index (χ1v) is 12.1. The zero-order valence-corrected chi connectivity index (χ0v) is 19.6. The van der Waals surface area contributed by atoms with Crippen LogP contribution < -0.4 is 11.1 Å². The number of hydrogen-bond acceptors (Lipinski definition) is 5. The van der Waals surface area contributed by atoms with Gasteiger partial charge in [-0.3, -0.25) is 9.78 Å². The predicted octanol–water partition coefficient (Wildman–Crippen LogP) is 5.59. The molecule has 0 fully saturated rings. The second-order valence-corrected chi connectivity index (χ2v) is 9.93. The van der Waals surface area contributed by atoms with Gasteiger partial charge in [-0.05, 0) is 83.8 Å². The van der Waals surface area contributed by atoms with Crippen LogP contribution >= 0.6 is 0 Å². The fourth-order valence-electron chi connectivity index (χ4n) is 3.40. The molecule has 3 aromatic carbocycles. The zero-order chi connectivity index (χ0) is 25.2. The van der Waals surface area contributed by atoms with Crippen molar-refractivity contribution in [2.45, 2.75) is 16.7 Å². The molecule has 0 spiro atoms. The molecule has 8 heteroatoms. The summed E-state index contributed by atoms with van der Waals surface area (Å²) in [6.07, 6.45) is 2.82. The van der Waals surface area contributed by atoms with Crippen molar-refractivity contribution in [3.8, 4) is 11.1 Å². The molecule has 4 rings (SSSR count). The number of sulfone groups is 1. The molecule has 176 valence electrons. The van der Waals surface area contributed by atoms with Crippen molar-refractivity contribution in [1.82, 2.24) is 4.98 Å². The highest BCUT2D eigenvalue weighted by molar-refractivity contribution is 7.91. The van der Waals surface area contributed by atoms with Crippen LogP contribution in [0.15, 0.2) is 102 Å². The minimum atomic E-state index is -3.82. The van der Waals surface area contributed by atoms with E-state index in [1.807, 2.05) is 0 Å². The van der Waals surface area contributed by atoms with E-state index in [-0.39, 0.29) is 21.2 Å². The minimum absolute atomic E-state index is 0.0348. The number of nitrogens with two attached hydrogens (primary N) is 1. The largest absolute Gasteiger partial charge is 0.397 e. The summed E-state index contributed by atoms with van der Waals surface area (Å²) >= 11 is 0. The first-order valence-electron chi connectivity index (χ1n) is 10.6. The fourth-order valence-corrected chi connectivity index (χ4v) is 4.65. The van der Waals surface area contributed by atoms with Gasteiger partial charge in [0, 0.05) is 18.0 Å². The van der Waals surface area contributed by atoms with Crippen LogP contribution in [0.5, 0.6) is 0 Å². The molecule has 0 aliphatic carbocycles. The van der Waals surface area contributed by atoms with Crippen LogP contribution in [0.25, 0.3) is 16.7 Å². The van der Waals surface area contributed by atoms with Crippen LogP contribution in [-0.2, 0) is 9.84 Å². The maximum Gasteiger partial charge on any atom is 0.255 e. The number of carbonyl (C=O) groups excluding carboxylic acids is 1. The topological polar surface area (TPSA) is 102 Å². The maximum atomic E-state index is 13.2. The molecule has 0 aliphatic heterocycles. The number of nitrogen functional groups attached to an aromatic ring is 1. The van der Waals surface area contributed by atoms with Gasteiger partial charge in [-0.2, -0.15) is 0 Å². The van der Waals surface area contributed by atoms with Gasteiger partial charge < -0.3 is 11.1 Å². The zero-order valence-electron chi connectivity index (χ0n) is 18.8. The van der Waals surface area contributed by atoms with E-state index in [1.165, 1.54) is 48.7 Å². The van der Waals surface area contributed by atoms with Gasteiger partial charge >= 0.3 is 0 Å². The Labute approximate surface area is 202 Å². The van der Waals surface area contributed by atoms with Crippen LogP contribution in [-0.4, -0.2) is 19.3 Å². The van der Waals surface area contributed by atoms with Crippen molar-refractivity contribution in [1.29, 1.82) is 0 Å². The molecule has 0 saturated carbocycles. The summed E-state index contributed by atoms with van der Waals surface area (Å²) in [6.45, 7) is 5.58. The lowest BCUT2D eigenvalue weighted by Crippen LogP contribution is -2.13. The molecule has 0 aliphatic rings. The van der Waals surface area contributed by atoms with E-state index in [1.54, 1.807) is 43.5 Å². The summed E-state index contributed by atoms with van der Waals surface area (Å²) in [5.41, 5.74) is 9.87. The average Bonchev–Trinajstić information content (AvgIpc) is 2.86. The van der Waals surface area contributed by atoms with Gasteiger partial charge in [0.1, 0.15) is 5.82 Å². The summed E-state index contributed by atoms with van der Waals surface area (Å²) in [4.78, 5) is 16.9. The van der Waals surface area contributed by atoms with Gasteiger partial charge in [0.15, 0.2) is 0 Å². The van der Waals surface area contributed by atoms with E-state index < -0.39 is 15.7 Å². The molecule has 0 saturated heterocycles. The molecule has 1 amide bonds. The number of rotatable bonds is 6. The van der Waals surface area contributed by atoms with Crippen molar-refractivity contribution in [2.24, 2.45) is 0 Å². The standard InChI is InChI=1S/C27H22FN3O3S/c1-17(2)21-13-24(16-30-15-21)35(33,34)23-10-5-19(6-11-23)27(32)31-26-14-20(7-12-25(26)29)18-3-8-22(28)9-4-18/h3-16H,1,29H2,2H3,(H,31,32). The quantitative estimate of drug-likeness (QED) is 0.345. The predicted molar refractivity (Wildman–Crippen MR) is 135 cm³/mol. The fraction of sp³-hybridized carbons (Fsp3) is 0.0370. The van der Waals surface area contributed by atoms with E-state index in [9.17, 15) is 17.6 Å². The molecular formula is C27H22FN3O3S. The molecule has 0 unspecified atom stereocenters. The first-order chi connectivity index (χ1) is 16.6. The van der Waals surface area contributed by atoms with Crippen molar-refractivity contribution in [2.75, 3.05) is 11.1 Å². The molecular weight excluding hydrogens is 465 g/mol. The Morgan fingerprint density at radius 2 is 1.54 bits per heavy atom. The maximum absolute atomic E-state index is 13.2. The number of amides is 1. The Balaban J connectivity index is 1.56.